The maximum absolute atomic E-state index is 12.0. The van der Waals surface area contributed by atoms with Crippen LogP contribution in [0.4, 0.5) is 9.93 Å². The van der Waals surface area contributed by atoms with Gasteiger partial charge >= 0.3 is 6.03 Å². The number of carbonyl (C=O) groups excluding carboxylic acids is 2. The molecule has 1 aromatic heterocycles. The molecule has 1 saturated heterocycles. The fourth-order valence-corrected chi connectivity index (χ4v) is 4.01. The molecule has 0 bridgehead atoms. The van der Waals surface area contributed by atoms with E-state index in [2.05, 4.69) is 15.6 Å². The average molecular weight is 366 g/mol. The van der Waals surface area contributed by atoms with Gasteiger partial charge in [0.1, 0.15) is 0 Å². The molecule has 1 aromatic rings. The zero-order valence-corrected chi connectivity index (χ0v) is 15.3. The van der Waals surface area contributed by atoms with Crippen LogP contribution in [0.15, 0.2) is 5.38 Å². The molecule has 7 nitrogen and oxygen atoms in total. The van der Waals surface area contributed by atoms with Crippen molar-refractivity contribution in [2.24, 2.45) is 0 Å². The van der Waals surface area contributed by atoms with E-state index in [1.807, 2.05) is 5.38 Å². The van der Waals surface area contributed by atoms with Crippen LogP contribution in [0, 0.1) is 0 Å². The van der Waals surface area contributed by atoms with E-state index in [0.29, 0.717) is 43.2 Å². The maximum Gasteiger partial charge on any atom is 0.323 e. The molecular formula is C17H26N4O3S. The molecule has 2 heterocycles. The smallest absolute Gasteiger partial charge is 0.323 e. The molecule has 0 atom stereocenters. The van der Waals surface area contributed by atoms with Crippen LogP contribution in [0.3, 0.4) is 0 Å². The van der Waals surface area contributed by atoms with Gasteiger partial charge in [-0.3, -0.25) is 9.69 Å². The molecule has 2 aliphatic rings. The highest BCUT2D eigenvalue weighted by Gasteiger charge is 2.24. The number of ether oxygens (including phenoxy) is 1. The van der Waals surface area contributed by atoms with Gasteiger partial charge in [-0.15, -0.1) is 11.3 Å². The highest BCUT2D eigenvalue weighted by Crippen LogP contribution is 2.22. The summed E-state index contributed by atoms with van der Waals surface area (Å²) in [6.45, 7) is 2.59. The Morgan fingerprint density at radius 3 is 3.00 bits per heavy atom. The predicted octanol–water partition coefficient (Wildman–Crippen LogP) is 2.07. The number of anilines is 1. The number of aromatic nitrogens is 1. The van der Waals surface area contributed by atoms with Crippen LogP contribution in [0.2, 0.25) is 0 Å². The summed E-state index contributed by atoms with van der Waals surface area (Å²) in [5, 5.41) is 8.14. The largest absolute Gasteiger partial charge is 0.378 e. The van der Waals surface area contributed by atoms with E-state index in [9.17, 15) is 9.59 Å². The van der Waals surface area contributed by atoms with E-state index in [-0.39, 0.29) is 18.4 Å². The lowest BCUT2D eigenvalue weighted by Crippen LogP contribution is -2.28. The lowest BCUT2D eigenvalue weighted by atomic mass is 9.98. The van der Waals surface area contributed by atoms with Crippen molar-refractivity contribution in [1.29, 1.82) is 0 Å². The molecule has 0 aromatic carbocycles. The number of nitrogens with zero attached hydrogens (tertiary/aromatic N) is 2. The normalized spacial score (nSPS) is 18.4. The van der Waals surface area contributed by atoms with Crippen LogP contribution in [0.25, 0.3) is 0 Å². The summed E-state index contributed by atoms with van der Waals surface area (Å²) in [6.07, 6.45) is 7.72. The highest BCUT2D eigenvalue weighted by atomic mass is 32.1. The molecular weight excluding hydrogens is 340 g/mol. The highest BCUT2D eigenvalue weighted by molar-refractivity contribution is 7.14. The summed E-state index contributed by atoms with van der Waals surface area (Å²) in [4.78, 5) is 29.6. The van der Waals surface area contributed by atoms with Crippen LogP contribution in [-0.4, -0.2) is 49.3 Å². The Labute approximate surface area is 152 Å². The van der Waals surface area contributed by atoms with Crippen molar-refractivity contribution in [2.75, 3.05) is 31.1 Å². The zero-order valence-electron chi connectivity index (χ0n) is 14.5. The van der Waals surface area contributed by atoms with Gasteiger partial charge in [0.05, 0.1) is 18.2 Å². The average Bonchev–Trinajstić information content (AvgIpc) is 3.24. The fourth-order valence-electron chi connectivity index (χ4n) is 3.16. The second-order valence-corrected chi connectivity index (χ2v) is 7.35. The Morgan fingerprint density at radius 2 is 2.24 bits per heavy atom. The first-order chi connectivity index (χ1) is 12.2. The Morgan fingerprint density at radius 1 is 1.40 bits per heavy atom. The molecule has 3 rings (SSSR count). The van der Waals surface area contributed by atoms with Gasteiger partial charge in [-0.25, -0.2) is 9.78 Å². The molecule has 2 N–H and O–H groups in total. The van der Waals surface area contributed by atoms with Gasteiger partial charge in [0.15, 0.2) is 5.13 Å². The van der Waals surface area contributed by atoms with Gasteiger partial charge in [0, 0.05) is 31.6 Å². The van der Waals surface area contributed by atoms with Crippen LogP contribution >= 0.6 is 11.3 Å². The third-order valence-corrected chi connectivity index (χ3v) is 5.43. The zero-order chi connectivity index (χ0) is 17.5. The lowest BCUT2D eigenvalue weighted by molar-refractivity contribution is -0.120. The van der Waals surface area contributed by atoms with E-state index < -0.39 is 0 Å². The minimum atomic E-state index is -0.122. The number of carbonyl (C=O) groups is 2. The number of nitrogens with one attached hydrogen (secondary N) is 2. The molecule has 0 radical (unpaired) electrons. The molecule has 1 aliphatic carbocycles. The molecule has 25 heavy (non-hydrogen) atoms. The minimum absolute atomic E-state index is 0.0413. The fraction of sp³-hybridized carbons (Fsp3) is 0.706. The van der Waals surface area contributed by atoms with Crippen molar-refractivity contribution in [1.82, 2.24) is 15.6 Å². The van der Waals surface area contributed by atoms with Gasteiger partial charge in [-0.05, 0) is 19.3 Å². The van der Waals surface area contributed by atoms with Crippen molar-refractivity contribution in [3.63, 3.8) is 0 Å². The molecule has 1 saturated carbocycles. The van der Waals surface area contributed by atoms with Gasteiger partial charge < -0.3 is 15.4 Å². The summed E-state index contributed by atoms with van der Waals surface area (Å²) in [7, 11) is 0. The van der Waals surface area contributed by atoms with Gasteiger partial charge in [-0.1, -0.05) is 19.3 Å². The quantitative estimate of drug-likeness (QED) is 0.690. The monoisotopic (exact) mass is 366 g/mol. The summed E-state index contributed by atoms with van der Waals surface area (Å²) in [5.74, 6) is -0.0413. The first kappa shape index (κ1) is 18.1. The number of amides is 3. The van der Waals surface area contributed by atoms with Gasteiger partial charge in [-0.2, -0.15) is 0 Å². The second kappa shape index (κ2) is 9.15. The van der Waals surface area contributed by atoms with E-state index >= 15 is 0 Å². The van der Waals surface area contributed by atoms with Crippen molar-refractivity contribution in [3.8, 4) is 0 Å². The minimum Gasteiger partial charge on any atom is -0.378 e. The Hall–Kier alpha value is -1.67. The molecule has 138 valence electrons. The molecule has 2 fully saturated rings. The maximum atomic E-state index is 12.0. The van der Waals surface area contributed by atoms with Crippen molar-refractivity contribution in [3.05, 3.63) is 11.1 Å². The first-order valence-electron chi connectivity index (χ1n) is 9.10. The standard InChI is InChI=1S/C17H26N4O3S/c22-15(18-7-4-10-24-14-5-2-1-3-6-14)11-13-12-25-17(20-13)21-9-8-19-16(21)23/h12,14H,1-11H2,(H,18,22)(H,19,23). The van der Waals surface area contributed by atoms with Crippen LogP contribution < -0.4 is 15.5 Å². The SMILES string of the molecule is O=C(Cc1csc(N2CCNC2=O)n1)NCCCOC1CCCCC1. The van der Waals surface area contributed by atoms with Crippen molar-refractivity contribution in [2.45, 2.75) is 51.0 Å². The van der Waals surface area contributed by atoms with Gasteiger partial charge in [0.25, 0.3) is 0 Å². The van der Waals surface area contributed by atoms with E-state index in [0.717, 1.165) is 6.42 Å². The third-order valence-electron chi connectivity index (χ3n) is 4.52. The lowest BCUT2D eigenvalue weighted by Gasteiger charge is -2.21. The van der Waals surface area contributed by atoms with Crippen LogP contribution in [-0.2, 0) is 16.0 Å². The van der Waals surface area contributed by atoms with Gasteiger partial charge in [0.2, 0.25) is 5.91 Å². The second-order valence-electron chi connectivity index (χ2n) is 6.52. The number of hydrogen-bond donors (Lipinski definition) is 2. The Balaban J connectivity index is 1.31. The predicted molar refractivity (Wildman–Crippen MR) is 97.0 cm³/mol. The molecule has 0 unspecified atom stereocenters. The van der Waals surface area contributed by atoms with Crippen molar-refractivity contribution < 1.29 is 14.3 Å². The Bertz CT molecular complexity index is 586. The first-order valence-corrected chi connectivity index (χ1v) is 9.98. The Kier molecular flexibility index (Phi) is 6.63. The number of rotatable bonds is 8. The van der Waals surface area contributed by atoms with E-state index in [4.69, 9.17) is 4.74 Å². The molecule has 3 amide bonds. The van der Waals surface area contributed by atoms with Crippen LogP contribution in [0.5, 0.6) is 0 Å². The topological polar surface area (TPSA) is 83.6 Å². The summed E-state index contributed by atoms with van der Waals surface area (Å²) < 4.78 is 5.85. The number of thiazole rings is 1. The number of hydrogen-bond acceptors (Lipinski definition) is 5. The molecule has 8 heteroatoms. The summed E-state index contributed by atoms with van der Waals surface area (Å²) in [5.41, 5.74) is 0.704. The van der Waals surface area contributed by atoms with E-state index in [1.54, 1.807) is 4.90 Å². The van der Waals surface area contributed by atoms with E-state index in [1.165, 1.54) is 43.4 Å². The van der Waals surface area contributed by atoms with Crippen LogP contribution in [0.1, 0.15) is 44.2 Å². The number of urea groups is 1. The molecule has 1 aliphatic heterocycles. The molecule has 0 spiro atoms. The summed E-state index contributed by atoms with van der Waals surface area (Å²) >= 11 is 1.39. The van der Waals surface area contributed by atoms with Crippen molar-refractivity contribution >= 4 is 28.4 Å². The third kappa shape index (κ3) is 5.40. The summed E-state index contributed by atoms with van der Waals surface area (Å²) in [6, 6.07) is -0.122.